The van der Waals surface area contributed by atoms with Crippen LogP contribution in [0.15, 0.2) is 46.9 Å². The van der Waals surface area contributed by atoms with E-state index in [0.29, 0.717) is 10.3 Å². The largest absolute Gasteiger partial charge is 0.345 e. The molecule has 0 spiro atoms. The lowest BCUT2D eigenvalue weighted by Gasteiger charge is -2.04. The maximum absolute atomic E-state index is 13.7. The number of halogens is 2. The molecule has 106 valence electrons. The van der Waals surface area contributed by atoms with Crippen molar-refractivity contribution in [2.45, 2.75) is 6.54 Å². The van der Waals surface area contributed by atoms with Gasteiger partial charge >= 0.3 is 0 Å². The Morgan fingerprint density at radius 1 is 1.29 bits per heavy atom. The van der Waals surface area contributed by atoms with Crippen LogP contribution in [0.5, 0.6) is 0 Å². The van der Waals surface area contributed by atoms with E-state index in [9.17, 15) is 9.18 Å². The van der Waals surface area contributed by atoms with Gasteiger partial charge in [-0.1, -0.05) is 28.1 Å². The molecule has 1 amide bonds. The number of imidazole rings is 1. The van der Waals surface area contributed by atoms with Crippen LogP contribution in [0, 0.1) is 5.82 Å². The zero-order valence-electron chi connectivity index (χ0n) is 10.9. The number of nitrogens with one attached hydrogen (secondary N) is 2. The lowest BCUT2D eigenvalue weighted by atomic mass is 10.2. The van der Waals surface area contributed by atoms with Crippen LogP contribution in [-0.2, 0) is 6.54 Å². The highest BCUT2D eigenvalue weighted by molar-refractivity contribution is 9.10. The van der Waals surface area contributed by atoms with E-state index in [2.05, 4.69) is 31.2 Å². The van der Waals surface area contributed by atoms with E-state index in [1.165, 1.54) is 12.1 Å². The molecule has 1 heterocycles. The fourth-order valence-corrected chi connectivity index (χ4v) is 2.36. The first-order valence-corrected chi connectivity index (χ1v) is 7.09. The first-order valence-electron chi connectivity index (χ1n) is 6.30. The van der Waals surface area contributed by atoms with Crippen LogP contribution in [0.3, 0.4) is 0 Å². The molecule has 2 N–H and O–H groups in total. The molecule has 0 aliphatic carbocycles. The molecule has 3 rings (SSSR count). The minimum absolute atomic E-state index is 0.00862. The van der Waals surface area contributed by atoms with E-state index in [-0.39, 0.29) is 12.1 Å². The molecule has 21 heavy (non-hydrogen) atoms. The standard InChI is InChI=1S/C15H11BrFN3O/c16-9-5-6-10(11(17)7-9)15(21)18-8-14-19-12-3-1-2-4-13(12)20-14/h1-7H,8H2,(H,18,21)(H,19,20). The third-order valence-electron chi connectivity index (χ3n) is 3.03. The summed E-state index contributed by atoms with van der Waals surface area (Å²) in [4.78, 5) is 19.4. The molecule has 0 saturated heterocycles. The van der Waals surface area contributed by atoms with Gasteiger partial charge in [-0.05, 0) is 30.3 Å². The van der Waals surface area contributed by atoms with Crippen molar-refractivity contribution in [3.05, 3.63) is 64.1 Å². The third-order valence-corrected chi connectivity index (χ3v) is 3.52. The number of aromatic nitrogens is 2. The second-order valence-corrected chi connectivity index (χ2v) is 5.42. The number of rotatable bonds is 3. The highest BCUT2D eigenvalue weighted by Gasteiger charge is 2.12. The average molecular weight is 348 g/mol. The zero-order chi connectivity index (χ0) is 14.8. The lowest BCUT2D eigenvalue weighted by molar-refractivity contribution is 0.0946. The maximum atomic E-state index is 13.7. The molecule has 0 aliphatic rings. The number of aromatic amines is 1. The van der Waals surface area contributed by atoms with Crippen LogP contribution in [-0.4, -0.2) is 15.9 Å². The van der Waals surface area contributed by atoms with Crippen molar-refractivity contribution < 1.29 is 9.18 Å². The minimum Gasteiger partial charge on any atom is -0.345 e. The third kappa shape index (κ3) is 2.95. The predicted octanol–water partition coefficient (Wildman–Crippen LogP) is 3.39. The average Bonchev–Trinajstić information content (AvgIpc) is 2.87. The number of fused-ring (bicyclic) bond motifs is 1. The van der Waals surface area contributed by atoms with Crippen LogP contribution in [0.4, 0.5) is 4.39 Å². The van der Waals surface area contributed by atoms with Gasteiger partial charge in [-0.3, -0.25) is 4.79 Å². The Bertz CT molecular complexity index is 783. The molecule has 2 aromatic carbocycles. The van der Waals surface area contributed by atoms with Gasteiger partial charge in [0.1, 0.15) is 11.6 Å². The van der Waals surface area contributed by atoms with E-state index in [0.717, 1.165) is 11.0 Å². The van der Waals surface area contributed by atoms with Crippen molar-refractivity contribution in [3.63, 3.8) is 0 Å². The van der Waals surface area contributed by atoms with E-state index in [1.807, 2.05) is 24.3 Å². The normalized spacial score (nSPS) is 10.8. The molecule has 1 aromatic heterocycles. The van der Waals surface area contributed by atoms with Crippen molar-refractivity contribution in [1.29, 1.82) is 0 Å². The molecule has 0 radical (unpaired) electrons. The number of amides is 1. The van der Waals surface area contributed by atoms with Crippen molar-refractivity contribution >= 4 is 32.9 Å². The molecule has 0 saturated carbocycles. The fourth-order valence-electron chi connectivity index (χ4n) is 2.02. The molecular weight excluding hydrogens is 337 g/mol. The van der Waals surface area contributed by atoms with E-state index in [1.54, 1.807) is 6.07 Å². The number of hydrogen-bond acceptors (Lipinski definition) is 2. The molecule has 0 aliphatic heterocycles. The SMILES string of the molecule is O=C(NCc1nc2ccccc2[nH]1)c1ccc(Br)cc1F. The van der Waals surface area contributed by atoms with E-state index < -0.39 is 11.7 Å². The first-order chi connectivity index (χ1) is 10.1. The van der Waals surface area contributed by atoms with Gasteiger partial charge in [0, 0.05) is 4.47 Å². The first kappa shape index (κ1) is 13.8. The smallest absolute Gasteiger partial charge is 0.254 e. The monoisotopic (exact) mass is 347 g/mol. The summed E-state index contributed by atoms with van der Waals surface area (Å²) in [5, 5.41) is 2.65. The number of carbonyl (C=O) groups is 1. The van der Waals surface area contributed by atoms with Crippen LogP contribution >= 0.6 is 15.9 Å². The fraction of sp³-hybridized carbons (Fsp3) is 0.0667. The van der Waals surface area contributed by atoms with Crippen molar-refractivity contribution in [1.82, 2.24) is 15.3 Å². The van der Waals surface area contributed by atoms with Gasteiger partial charge in [-0.25, -0.2) is 9.37 Å². The summed E-state index contributed by atoms with van der Waals surface area (Å²) < 4.78 is 14.3. The number of H-pyrrole nitrogens is 1. The Kier molecular flexibility index (Phi) is 3.70. The summed E-state index contributed by atoms with van der Waals surface area (Å²) in [5.41, 5.74) is 1.74. The van der Waals surface area contributed by atoms with Crippen molar-refractivity contribution in [2.24, 2.45) is 0 Å². The van der Waals surface area contributed by atoms with Crippen LogP contribution in [0.1, 0.15) is 16.2 Å². The maximum Gasteiger partial charge on any atom is 0.254 e. The summed E-state index contributed by atoms with van der Waals surface area (Å²) in [7, 11) is 0. The Balaban J connectivity index is 1.73. The zero-order valence-corrected chi connectivity index (χ0v) is 12.4. The lowest BCUT2D eigenvalue weighted by Crippen LogP contribution is -2.24. The van der Waals surface area contributed by atoms with Crippen LogP contribution < -0.4 is 5.32 Å². The molecule has 0 unspecified atom stereocenters. The van der Waals surface area contributed by atoms with Gasteiger partial charge in [0.05, 0.1) is 23.1 Å². The van der Waals surface area contributed by atoms with Crippen molar-refractivity contribution in [2.75, 3.05) is 0 Å². The Morgan fingerprint density at radius 3 is 2.86 bits per heavy atom. The number of benzene rings is 2. The number of hydrogen-bond donors (Lipinski definition) is 2. The molecule has 0 fully saturated rings. The van der Waals surface area contributed by atoms with E-state index >= 15 is 0 Å². The van der Waals surface area contributed by atoms with Gasteiger partial charge in [0.2, 0.25) is 0 Å². The summed E-state index contributed by atoms with van der Waals surface area (Å²) in [6, 6.07) is 11.9. The summed E-state index contributed by atoms with van der Waals surface area (Å²) >= 11 is 3.15. The molecule has 4 nitrogen and oxygen atoms in total. The number of para-hydroxylation sites is 2. The van der Waals surface area contributed by atoms with Gasteiger partial charge in [0.15, 0.2) is 0 Å². The summed E-state index contributed by atoms with van der Waals surface area (Å²) in [6.07, 6.45) is 0. The van der Waals surface area contributed by atoms with Gasteiger partial charge in [-0.15, -0.1) is 0 Å². The second-order valence-electron chi connectivity index (χ2n) is 4.51. The Morgan fingerprint density at radius 2 is 2.10 bits per heavy atom. The minimum atomic E-state index is -0.563. The Hall–Kier alpha value is -2.21. The Labute approximate surface area is 128 Å². The molecule has 3 aromatic rings. The molecular formula is C15H11BrFN3O. The summed E-state index contributed by atoms with van der Waals surface area (Å²) in [5.74, 6) is -0.408. The number of nitrogens with zero attached hydrogens (tertiary/aromatic N) is 1. The van der Waals surface area contributed by atoms with Gasteiger partial charge in [0.25, 0.3) is 5.91 Å². The van der Waals surface area contributed by atoms with E-state index in [4.69, 9.17) is 0 Å². The van der Waals surface area contributed by atoms with Gasteiger partial charge < -0.3 is 10.3 Å². The molecule has 6 heteroatoms. The topological polar surface area (TPSA) is 57.8 Å². The quantitative estimate of drug-likeness (QED) is 0.762. The highest BCUT2D eigenvalue weighted by atomic mass is 79.9. The molecule has 0 bridgehead atoms. The van der Waals surface area contributed by atoms with Crippen molar-refractivity contribution in [3.8, 4) is 0 Å². The number of carbonyl (C=O) groups excluding carboxylic acids is 1. The second kappa shape index (κ2) is 5.65. The van der Waals surface area contributed by atoms with Crippen LogP contribution in [0.2, 0.25) is 0 Å². The highest BCUT2D eigenvalue weighted by Crippen LogP contribution is 2.15. The summed E-state index contributed by atoms with van der Waals surface area (Å²) in [6.45, 7) is 0.211. The van der Waals surface area contributed by atoms with Crippen LogP contribution in [0.25, 0.3) is 11.0 Å². The predicted molar refractivity (Wildman–Crippen MR) is 81.4 cm³/mol. The van der Waals surface area contributed by atoms with Gasteiger partial charge in [-0.2, -0.15) is 0 Å². The molecule has 0 atom stereocenters.